The zero-order valence-corrected chi connectivity index (χ0v) is 16.4. The van der Waals surface area contributed by atoms with Crippen molar-refractivity contribution in [2.75, 3.05) is 5.73 Å². The van der Waals surface area contributed by atoms with Crippen LogP contribution in [0.1, 0.15) is 26.3 Å². The number of carbonyl (C=O) groups is 2. The molecule has 1 aromatic heterocycles. The molecule has 152 valence electrons. The second kappa shape index (κ2) is 6.85. The number of benzene rings is 2. The summed E-state index contributed by atoms with van der Waals surface area (Å²) in [6, 6.07) is 12.9. The van der Waals surface area contributed by atoms with Gasteiger partial charge in [0.15, 0.2) is 5.75 Å². The van der Waals surface area contributed by atoms with E-state index in [1.54, 1.807) is 18.2 Å². The summed E-state index contributed by atoms with van der Waals surface area (Å²) in [5, 5.41) is 2.07. The van der Waals surface area contributed by atoms with Crippen molar-refractivity contribution < 1.29 is 22.2 Å². The highest BCUT2D eigenvalue weighted by molar-refractivity contribution is 7.87. The Hall–Kier alpha value is -3.92. The monoisotopic (exact) mass is 425 g/mol. The van der Waals surface area contributed by atoms with Crippen molar-refractivity contribution in [1.29, 1.82) is 0 Å². The molecule has 4 rings (SSSR count). The van der Waals surface area contributed by atoms with Crippen LogP contribution in [-0.2, 0) is 10.1 Å². The molecule has 0 radical (unpaired) electrons. The number of imide groups is 1. The molecule has 1 aliphatic rings. The number of aromatic nitrogens is 1. The molecule has 30 heavy (non-hydrogen) atoms. The van der Waals surface area contributed by atoms with E-state index in [0.29, 0.717) is 0 Å². The van der Waals surface area contributed by atoms with E-state index in [1.807, 2.05) is 6.92 Å². The third-order valence-corrected chi connectivity index (χ3v) is 5.82. The standard InChI is InChI=1S/C20H15N3O6S/c1-11-6-8-12(9-7-11)30(27,28)29-15-5-3-2-4-14(15)23-16(24)10-13-17(18(23)21)20(26)22-19(13)25/h2-10H,21H2,1H3,(H,22,25,26). The Morgan fingerprint density at radius 3 is 2.33 bits per heavy atom. The van der Waals surface area contributed by atoms with E-state index in [9.17, 15) is 22.8 Å². The Labute approximate surface area is 170 Å². The maximum absolute atomic E-state index is 12.7. The van der Waals surface area contributed by atoms with Crippen LogP contribution in [0.5, 0.6) is 5.75 Å². The second-order valence-corrected chi connectivity index (χ2v) is 8.14. The van der Waals surface area contributed by atoms with E-state index < -0.39 is 27.5 Å². The summed E-state index contributed by atoms with van der Waals surface area (Å²) in [6.45, 7) is 1.82. The van der Waals surface area contributed by atoms with Crippen LogP contribution in [0.4, 0.5) is 5.82 Å². The third-order valence-electron chi connectivity index (χ3n) is 4.57. The topological polar surface area (TPSA) is 138 Å². The predicted octanol–water partition coefficient (Wildman–Crippen LogP) is 1.38. The highest BCUT2D eigenvalue weighted by Gasteiger charge is 2.32. The summed E-state index contributed by atoms with van der Waals surface area (Å²) in [6.07, 6.45) is 0. The first-order chi connectivity index (χ1) is 14.2. The molecular formula is C20H15N3O6S. The van der Waals surface area contributed by atoms with Crippen molar-refractivity contribution in [2.45, 2.75) is 11.8 Å². The summed E-state index contributed by atoms with van der Waals surface area (Å²) in [4.78, 5) is 36.5. The van der Waals surface area contributed by atoms with Crippen molar-refractivity contribution in [3.05, 3.63) is 81.6 Å². The molecule has 3 N–H and O–H groups in total. The van der Waals surface area contributed by atoms with Crippen molar-refractivity contribution in [3.8, 4) is 11.4 Å². The van der Waals surface area contributed by atoms with Gasteiger partial charge in [0.1, 0.15) is 10.7 Å². The third kappa shape index (κ3) is 3.12. The highest BCUT2D eigenvalue weighted by Crippen LogP contribution is 2.29. The zero-order valence-electron chi connectivity index (χ0n) is 15.6. The number of carbonyl (C=O) groups excluding carboxylic acids is 2. The minimum absolute atomic E-state index is 0.00522. The van der Waals surface area contributed by atoms with E-state index in [2.05, 4.69) is 5.32 Å². The van der Waals surface area contributed by atoms with E-state index >= 15 is 0 Å². The number of nitrogens with two attached hydrogens (primary N) is 1. The number of nitrogens with one attached hydrogen (secondary N) is 1. The molecule has 2 amide bonds. The van der Waals surface area contributed by atoms with Crippen LogP contribution in [-0.4, -0.2) is 24.8 Å². The van der Waals surface area contributed by atoms with E-state index in [-0.39, 0.29) is 33.3 Å². The Kier molecular flexibility index (Phi) is 4.43. The number of hydrogen-bond acceptors (Lipinski definition) is 7. The van der Waals surface area contributed by atoms with Gasteiger partial charge in [-0.15, -0.1) is 0 Å². The molecule has 0 fully saturated rings. The summed E-state index contributed by atoms with van der Waals surface area (Å²) in [5.74, 6) is -1.94. The van der Waals surface area contributed by atoms with Crippen LogP contribution >= 0.6 is 0 Å². The first-order valence-corrected chi connectivity index (χ1v) is 10.1. The van der Waals surface area contributed by atoms with Crippen LogP contribution < -0.4 is 20.8 Å². The van der Waals surface area contributed by atoms with Gasteiger partial charge in [-0.05, 0) is 31.2 Å². The quantitative estimate of drug-likeness (QED) is 0.476. The van der Waals surface area contributed by atoms with Crippen molar-refractivity contribution in [2.24, 2.45) is 0 Å². The zero-order chi connectivity index (χ0) is 21.6. The van der Waals surface area contributed by atoms with Gasteiger partial charge in [0.25, 0.3) is 17.4 Å². The van der Waals surface area contributed by atoms with Gasteiger partial charge in [-0.25, -0.2) is 0 Å². The molecule has 0 bridgehead atoms. The Bertz CT molecular complexity index is 1370. The number of nitrogen functional groups attached to an aromatic ring is 1. The SMILES string of the molecule is Cc1ccc(S(=O)(=O)Oc2ccccc2-n2c(N)c3c(cc2=O)C(=O)NC3=O)cc1. The lowest BCUT2D eigenvalue weighted by molar-refractivity contribution is 0.0880. The number of aryl methyl sites for hydroxylation is 1. The molecule has 9 nitrogen and oxygen atoms in total. The van der Waals surface area contributed by atoms with Crippen molar-refractivity contribution in [3.63, 3.8) is 0 Å². The maximum Gasteiger partial charge on any atom is 0.339 e. The molecule has 3 aromatic rings. The number of pyridine rings is 1. The number of rotatable bonds is 4. The molecule has 0 saturated heterocycles. The Morgan fingerprint density at radius 1 is 0.967 bits per heavy atom. The highest BCUT2D eigenvalue weighted by atomic mass is 32.2. The first-order valence-electron chi connectivity index (χ1n) is 8.71. The van der Waals surface area contributed by atoms with E-state index in [4.69, 9.17) is 9.92 Å². The lowest BCUT2D eigenvalue weighted by Crippen LogP contribution is -2.25. The number of fused-ring (bicyclic) bond motifs is 1. The molecule has 2 heterocycles. The van der Waals surface area contributed by atoms with Crippen LogP contribution in [0.2, 0.25) is 0 Å². The van der Waals surface area contributed by atoms with E-state index in [1.165, 1.54) is 30.3 Å². The Balaban J connectivity index is 1.85. The minimum Gasteiger partial charge on any atom is -0.384 e. The molecule has 0 atom stereocenters. The number of hydrogen-bond donors (Lipinski definition) is 2. The molecule has 0 aliphatic carbocycles. The Morgan fingerprint density at radius 2 is 1.63 bits per heavy atom. The average Bonchev–Trinajstić information content (AvgIpc) is 2.96. The minimum atomic E-state index is -4.21. The molecule has 2 aromatic carbocycles. The van der Waals surface area contributed by atoms with E-state index in [0.717, 1.165) is 16.2 Å². The predicted molar refractivity (Wildman–Crippen MR) is 107 cm³/mol. The number of nitrogens with zero attached hydrogens (tertiary/aromatic N) is 1. The van der Waals surface area contributed by atoms with Gasteiger partial charge in [-0.2, -0.15) is 8.42 Å². The normalized spacial score (nSPS) is 13.1. The van der Waals surface area contributed by atoms with Crippen LogP contribution in [0.3, 0.4) is 0 Å². The summed E-state index contributed by atoms with van der Waals surface area (Å²) in [7, 11) is -4.21. The van der Waals surface area contributed by atoms with Crippen LogP contribution in [0.25, 0.3) is 5.69 Å². The van der Waals surface area contributed by atoms with Gasteiger partial charge in [0, 0.05) is 6.07 Å². The van der Waals surface area contributed by atoms with Gasteiger partial charge in [-0.1, -0.05) is 29.8 Å². The number of anilines is 1. The van der Waals surface area contributed by atoms with Gasteiger partial charge in [0.05, 0.1) is 16.8 Å². The molecule has 10 heteroatoms. The number of amides is 2. The molecular weight excluding hydrogens is 410 g/mol. The van der Waals surface area contributed by atoms with Crippen LogP contribution in [0, 0.1) is 6.92 Å². The van der Waals surface area contributed by atoms with Crippen molar-refractivity contribution >= 4 is 27.8 Å². The fourth-order valence-corrected chi connectivity index (χ4v) is 4.05. The largest absolute Gasteiger partial charge is 0.384 e. The summed E-state index contributed by atoms with van der Waals surface area (Å²) >= 11 is 0. The van der Waals surface area contributed by atoms with Gasteiger partial charge in [-0.3, -0.25) is 24.3 Å². The fraction of sp³-hybridized carbons (Fsp3) is 0.0500. The second-order valence-electron chi connectivity index (χ2n) is 6.59. The van der Waals surface area contributed by atoms with Gasteiger partial charge < -0.3 is 9.92 Å². The molecule has 1 aliphatic heterocycles. The maximum atomic E-state index is 12.7. The molecule has 0 spiro atoms. The van der Waals surface area contributed by atoms with Crippen LogP contribution in [0.15, 0.2) is 64.3 Å². The van der Waals surface area contributed by atoms with Crippen molar-refractivity contribution in [1.82, 2.24) is 9.88 Å². The molecule has 0 unspecified atom stereocenters. The molecule has 0 saturated carbocycles. The average molecular weight is 425 g/mol. The summed E-state index contributed by atoms with van der Waals surface area (Å²) in [5.41, 5.74) is 5.89. The van der Waals surface area contributed by atoms with Gasteiger partial charge >= 0.3 is 10.1 Å². The fourth-order valence-electron chi connectivity index (χ4n) is 3.11. The first kappa shape index (κ1) is 19.4. The smallest absolute Gasteiger partial charge is 0.339 e. The summed E-state index contributed by atoms with van der Waals surface area (Å²) < 4.78 is 31.6. The lowest BCUT2D eigenvalue weighted by Gasteiger charge is -2.16. The number of para-hydroxylation sites is 2. The lowest BCUT2D eigenvalue weighted by atomic mass is 10.1. The van der Waals surface area contributed by atoms with Gasteiger partial charge in [0.2, 0.25) is 0 Å².